The summed E-state index contributed by atoms with van der Waals surface area (Å²) in [4.78, 5) is 11.8. The molecule has 0 aliphatic heterocycles. The van der Waals surface area contributed by atoms with Crippen molar-refractivity contribution >= 4 is 17.3 Å². The summed E-state index contributed by atoms with van der Waals surface area (Å²) < 4.78 is 13.8. The molecule has 2 rings (SSSR count). The Hall–Kier alpha value is -2.87. The summed E-state index contributed by atoms with van der Waals surface area (Å²) in [7, 11) is 1.52. The van der Waals surface area contributed by atoms with Crippen LogP contribution in [0.15, 0.2) is 42.5 Å². The van der Waals surface area contributed by atoms with E-state index in [1.807, 2.05) is 6.07 Å². The minimum atomic E-state index is -0.546. The Morgan fingerprint density at radius 2 is 1.95 bits per heavy atom. The number of carbonyl (C=O) groups is 1. The van der Waals surface area contributed by atoms with E-state index >= 15 is 0 Å². The van der Waals surface area contributed by atoms with E-state index in [9.17, 15) is 9.18 Å². The fourth-order valence-electron chi connectivity index (χ4n) is 1.80. The lowest BCUT2D eigenvalue weighted by molar-refractivity contribution is 0.0964. The third-order valence-electron chi connectivity index (χ3n) is 2.79. The maximum atomic E-state index is 13.8. The van der Waals surface area contributed by atoms with Gasteiger partial charge in [-0.1, -0.05) is 18.2 Å². The van der Waals surface area contributed by atoms with Gasteiger partial charge < -0.3 is 10.6 Å². The normalized spacial score (nSPS) is 9.65. The molecule has 0 saturated heterocycles. The van der Waals surface area contributed by atoms with E-state index in [0.717, 1.165) is 0 Å². The number of nitrogens with one attached hydrogen (secondary N) is 2. The van der Waals surface area contributed by atoms with Gasteiger partial charge in [0.05, 0.1) is 22.5 Å². The first-order valence-electron chi connectivity index (χ1n) is 5.94. The fraction of sp³-hybridized carbons (Fsp3) is 0.0667. The topological polar surface area (TPSA) is 64.9 Å². The number of anilines is 2. The minimum Gasteiger partial charge on any atom is -0.355 e. The van der Waals surface area contributed by atoms with Crippen molar-refractivity contribution in [3.8, 4) is 6.07 Å². The van der Waals surface area contributed by atoms with E-state index < -0.39 is 5.82 Å². The number of para-hydroxylation sites is 2. The maximum absolute atomic E-state index is 13.8. The minimum absolute atomic E-state index is 0.0614. The van der Waals surface area contributed by atoms with Gasteiger partial charge in [0.1, 0.15) is 11.9 Å². The second-order valence-corrected chi connectivity index (χ2v) is 4.02. The van der Waals surface area contributed by atoms with Crippen molar-refractivity contribution in [2.75, 3.05) is 12.4 Å². The number of halogens is 1. The molecule has 0 atom stereocenters. The van der Waals surface area contributed by atoms with Crippen LogP contribution in [0.5, 0.6) is 0 Å². The molecule has 5 heteroatoms. The van der Waals surface area contributed by atoms with Crippen molar-refractivity contribution in [2.45, 2.75) is 0 Å². The lowest BCUT2D eigenvalue weighted by Crippen LogP contribution is -2.19. The molecule has 0 aliphatic rings. The van der Waals surface area contributed by atoms with Crippen LogP contribution in [0.25, 0.3) is 0 Å². The lowest BCUT2D eigenvalue weighted by atomic mass is 10.1. The Morgan fingerprint density at radius 1 is 1.20 bits per heavy atom. The first-order valence-corrected chi connectivity index (χ1v) is 5.94. The molecular weight excluding hydrogens is 257 g/mol. The molecule has 0 heterocycles. The zero-order chi connectivity index (χ0) is 14.5. The van der Waals surface area contributed by atoms with E-state index in [2.05, 4.69) is 10.6 Å². The Kier molecular flexibility index (Phi) is 3.96. The van der Waals surface area contributed by atoms with Crippen LogP contribution in [-0.4, -0.2) is 13.0 Å². The molecule has 0 radical (unpaired) electrons. The van der Waals surface area contributed by atoms with E-state index in [-0.39, 0.29) is 17.2 Å². The van der Waals surface area contributed by atoms with Gasteiger partial charge in [0, 0.05) is 7.05 Å². The summed E-state index contributed by atoms with van der Waals surface area (Å²) in [5.41, 5.74) is 1.05. The number of benzene rings is 2. The summed E-state index contributed by atoms with van der Waals surface area (Å²) in [6, 6.07) is 12.8. The third kappa shape index (κ3) is 2.59. The second kappa shape index (κ2) is 5.85. The smallest absolute Gasteiger partial charge is 0.253 e. The summed E-state index contributed by atoms with van der Waals surface area (Å²) >= 11 is 0. The highest BCUT2D eigenvalue weighted by atomic mass is 19.1. The molecule has 0 aromatic heterocycles. The number of hydrogen-bond acceptors (Lipinski definition) is 3. The van der Waals surface area contributed by atoms with Crippen molar-refractivity contribution in [3.05, 3.63) is 59.4 Å². The number of rotatable bonds is 3. The highest BCUT2D eigenvalue weighted by Crippen LogP contribution is 2.26. The number of nitrogens with zero attached hydrogens (tertiary/aromatic N) is 1. The molecular formula is C15H12FN3O. The van der Waals surface area contributed by atoms with E-state index in [1.165, 1.54) is 25.2 Å². The van der Waals surface area contributed by atoms with Gasteiger partial charge in [0.2, 0.25) is 0 Å². The number of carbonyl (C=O) groups excluding carboxylic acids is 1. The molecule has 0 saturated carbocycles. The van der Waals surface area contributed by atoms with Crippen LogP contribution >= 0.6 is 0 Å². The van der Waals surface area contributed by atoms with E-state index in [4.69, 9.17) is 5.26 Å². The summed E-state index contributed by atoms with van der Waals surface area (Å²) in [5, 5.41) is 14.3. The molecule has 2 N–H and O–H groups in total. The molecule has 4 nitrogen and oxygen atoms in total. The van der Waals surface area contributed by atoms with Gasteiger partial charge in [-0.05, 0) is 24.3 Å². The Balaban J connectivity index is 2.46. The fourth-order valence-corrected chi connectivity index (χ4v) is 1.80. The SMILES string of the molecule is CNC(=O)c1ccccc1Nc1c(F)cccc1C#N. The number of hydrogen-bond donors (Lipinski definition) is 2. The highest BCUT2D eigenvalue weighted by molar-refractivity contribution is 6.00. The van der Waals surface area contributed by atoms with Gasteiger partial charge in [-0.15, -0.1) is 0 Å². The summed E-state index contributed by atoms with van der Waals surface area (Å²) in [5.74, 6) is -0.835. The third-order valence-corrected chi connectivity index (χ3v) is 2.79. The molecule has 1 amide bonds. The maximum Gasteiger partial charge on any atom is 0.253 e. The van der Waals surface area contributed by atoms with E-state index in [0.29, 0.717) is 11.3 Å². The molecule has 100 valence electrons. The molecule has 2 aromatic rings. The number of nitriles is 1. The molecule has 0 spiro atoms. The predicted molar refractivity (Wildman–Crippen MR) is 74.2 cm³/mol. The van der Waals surface area contributed by atoms with Crippen molar-refractivity contribution in [1.82, 2.24) is 5.32 Å². The van der Waals surface area contributed by atoms with Crippen LogP contribution in [0, 0.1) is 17.1 Å². The largest absolute Gasteiger partial charge is 0.355 e. The monoisotopic (exact) mass is 269 g/mol. The quantitative estimate of drug-likeness (QED) is 0.900. The second-order valence-electron chi connectivity index (χ2n) is 4.02. The standard InChI is InChI=1S/C15H12FN3O/c1-18-15(20)11-6-2-3-8-13(11)19-14-10(9-17)5-4-7-12(14)16/h2-8,19H,1H3,(H,18,20). The lowest BCUT2D eigenvalue weighted by Gasteiger charge is -2.12. The van der Waals surface area contributed by atoms with Crippen LogP contribution in [0.3, 0.4) is 0 Å². The van der Waals surface area contributed by atoms with Crippen LogP contribution in [-0.2, 0) is 0 Å². The van der Waals surface area contributed by atoms with Crippen LogP contribution < -0.4 is 10.6 Å². The molecule has 0 fully saturated rings. The molecule has 2 aromatic carbocycles. The molecule has 0 aliphatic carbocycles. The highest BCUT2D eigenvalue weighted by Gasteiger charge is 2.13. The first kappa shape index (κ1) is 13.6. The number of amides is 1. The van der Waals surface area contributed by atoms with Gasteiger partial charge >= 0.3 is 0 Å². The molecule has 0 bridgehead atoms. The van der Waals surface area contributed by atoms with E-state index in [1.54, 1.807) is 24.3 Å². The van der Waals surface area contributed by atoms with Crippen LogP contribution in [0.2, 0.25) is 0 Å². The average Bonchev–Trinajstić information content (AvgIpc) is 2.49. The van der Waals surface area contributed by atoms with Gasteiger partial charge in [-0.2, -0.15) is 5.26 Å². The Labute approximate surface area is 115 Å². The molecule has 20 heavy (non-hydrogen) atoms. The zero-order valence-corrected chi connectivity index (χ0v) is 10.8. The summed E-state index contributed by atoms with van der Waals surface area (Å²) in [6.07, 6.45) is 0. The Bertz CT molecular complexity index is 692. The van der Waals surface area contributed by atoms with Gasteiger partial charge in [0.15, 0.2) is 0 Å². The zero-order valence-electron chi connectivity index (χ0n) is 10.8. The van der Waals surface area contributed by atoms with Gasteiger partial charge in [-0.25, -0.2) is 4.39 Å². The van der Waals surface area contributed by atoms with Crippen molar-refractivity contribution in [3.63, 3.8) is 0 Å². The van der Waals surface area contributed by atoms with Gasteiger partial charge in [-0.3, -0.25) is 4.79 Å². The van der Waals surface area contributed by atoms with Crippen molar-refractivity contribution in [2.24, 2.45) is 0 Å². The van der Waals surface area contributed by atoms with Crippen LogP contribution in [0.4, 0.5) is 15.8 Å². The van der Waals surface area contributed by atoms with Crippen LogP contribution in [0.1, 0.15) is 15.9 Å². The average molecular weight is 269 g/mol. The van der Waals surface area contributed by atoms with Gasteiger partial charge in [0.25, 0.3) is 5.91 Å². The molecule has 0 unspecified atom stereocenters. The Morgan fingerprint density at radius 3 is 2.65 bits per heavy atom. The van der Waals surface area contributed by atoms with Crippen molar-refractivity contribution < 1.29 is 9.18 Å². The predicted octanol–water partition coefficient (Wildman–Crippen LogP) is 2.80. The summed E-state index contributed by atoms with van der Waals surface area (Å²) in [6.45, 7) is 0. The van der Waals surface area contributed by atoms with Crippen molar-refractivity contribution in [1.29, 1.82) is 5.26 Å². The first-order chi connectivity index (χ1) is 9.67.